The molecule has 2 heterocycles. The SMILES string of the molecule is CCCOc1c(OC)cccc1[C@@H]1C(C(=O)OC)=C(C)N=c2s/c(=C/c3cc(Br)ccc3O)c(=O)n21. The molecule has 0 amide bonds. The molecule has 188 valence electrons. The first-order valence-electron chi connectivity index (χ1n) is 11.2. The normalized spacial score (nSPS) is 15.4. The lowest BCUT2D eigenvalue weighted by Crippen LogP contribution is -2.40. The van der Waals surface area contributed by atoms with Gasteiger partial charge in [0.25, 0.3) is 5.56 Å². The first-order chi connectivity index (χ1) is 17.3. The van der Waals surface area contributed by atoms with E-state index in [0.29, 0.717) is 44.3 Å². The summed E-state index contributed by atoms with van der Waals surface area (Å²) in [5, 5.41) is 10.3. The largest absolute Gasteiger partial charge is 0.507 e. The van der Waals surface area contributed by atoms with Crippen LogP contribution < -0.4 is 24.4 Å². The number of ether oxygens (including phenoxy) is 3. The van der Waals surface area contributed by atoms with Crippen LogP contribution in [0.15, 0.2) is 61.9 Å². The van der Waals surface area contributed by atoms with Gasteiger partial charge >= 0.3 is 5.97 Å². The van der Waals surface area contributed by atoms with Crippen LogP contribution in [0.2, 0.25) is 0 Å². The van der Waals surface area contributed by atoms with Crippen LogP contribution in [0.5, 0.6) is 17.2 Å². The minimum atomic E-state index is -0.853. The number of methoxy groups -OCH3 is 2. The third-order valence-electron chi connectivity index (χ3n) is 5.68. The summed E-state index contributed by atoms with van der Waals surface area (Å²) in [4.78, 5) is 31.7. The topological polar surface area (TPSA) is 99.4 Å². The molecular formula is C26H25BrN2O6S. The van der Waals surface area contributed by atoms with E-state index in [1.165, 1.54) is 30.1 Å². The summed E-state index contributed by atoms with van der Waals surface area (Å²) < 4.78 is 19.3. The van der Waals surface area contributed by atoms with Crippen molar-refractivity contribution in [1.82, 2.24) is 4.57 Å². The highest BCUT2D eigenvalue weighted by Crippen LogP contribution is 2.40. The Morgan fingerprint density at radius 1 is 1.28 bits per heavy atom. The highest BCUT2D eigenvalue weighted by atomic mass is 79.9. The summed E-state index contributed by atoms with van der Waals surface area (Å²) in [6.45, 7) is 4.12. The van der Waals surface area contributed by atoms with Crippen molar-refractivity contribution < 1.29 is 24.1 Å². The molecule has 4 rings (SSSR count). The van der Waals surface area contributed by atoms with Crippen LogP contribution in [0, 0.1) is 0 Å². The monoisotopic (exact) mass is 572 g/mol. The van der Waals surface area contributed by atoms with Crippen LogP contribution in [-0.4, -0.2) is 36.5 Å². The molecule has 2 aromatic carbocycles. The fraction of sp³-hybridized carbons (Fsp3) is 0.269. The van der Waals surface area contributed by atoms with E-state index in [0.717, 1.165) is 10.9 Å². The number of aromatic hydroxyl groups is 1. The standard InChI is InChI=1S/C26H25BrN2O6S/c1-5-11-35-23-17(7-6-8-19(23)33-3)22-21(25(32)34-4)14(2)28-26-29(22)24(31)20(36-26)13-15-12-16(27)9-10-18(15)30/h6-10,12-13,22,30H,5,11H2,1-4H3/b20-13+/t22-/m1/s1. The lowest BCUT2D eigenvalue weighted by Gasteiger charge is -2.26. The number of nitrogens with zero attached hydrogens (tertiary/aromatic N) is 2. The smallest absolute Gasteiger partial charge is 0.338 e. The van der Waals surface area contributed by atoms with Crippen LogP contribution in [0.1, 0.15) is 37.4 Å². The second-order valence-corrected chi connectivity index (χ2v) is 9.93. The highest BCUT2D eigenvalue weighted by molar-refractivity contribution is 9.10. The van der Waals surface area contributed by atoms with Crippen LogP contribution in [0.25, 0.3) is 6.08 Å². The molecule has 10 heteroatoms. The molecule has 0 aliphatic carbocycles. The molecule has 0 saturated heterocycles. The van der Waals surface area contributed by atoms with Crippen molar-refractivity contribution >= 4 is 39.3 Å². The number of carbonyl (C=O) groups is 1. The number of halogens is 1. The predicted octanol–water partition coefficient (Wildman–Crippen LogP) is 3.67. The van der Waals surface area contributed by atoms with Crippen molar-refractivity contribution in [3.63, 3.8) is 0 Å². The van der Waals surface area contributed by atoms with Crippen LogP contribution in [0.4, 0.5) is 0 Å². The number of hydrogen-bond acceptors (Lipinski definition) is 8. The highest BCUT2D eigenvalue weighted by Gasteiger charge is 2.35. The van der Waals surface area contributed by atoms with Gasteiger partial charge in [-0.05, 0) is 43.7 Å². The minimum Gasteiger partial charge on any atom is -0.507 e. The zero-order valence-corrected chi connectivity index (χ0v) is 22.6. The maximum Gasteiger partial charge on any atom is 0.338 e. The molecule has 1 N–H and O–H groups in total. The number of hydrogen-bond donors (Lipinski definition) is 1. The van der Waals surface area contributed by atoms with E-state index in [9.17, 15) is 14.7 Å². The number of aromatic nitrogens is 1. The number of fused-ring (bicyclic) bond motifs is 1. The second kappa shape index (κ2) is 10.7. The van der Waals surface area contributed by atoms with E-state index in [4.69, 9.17) is 14.2 Å². The minimum absolute atomic E-state index is 0.0371. The fourth-order valence-electron chi connectivity index (χ4n) is 4.04. The maximum atomic E-state index is 13.8. The number of rotatable bonds is 7. The molecule has 0 fully saturated rings. The zero-order valence-electron chi connectivity index (χ0n) is 20.2. The van der Waals surface area contributed by atoms with Gasteiger partial charge in [-0.25, -0.2) is 9.79 Å². The van der Waals surface area contributed by atoms with E-state index in [2.05, 4.69) is 20.9 Å². The summed E-state index contributed by atoms with van der Waals surface area (Å²) in [6.07, 6.45) is 2.37. The summed E-state index contributed by atoms with van der Waals surface area (Å²) >= 11 is 4.57. The molecule has 0 saturated carbocycles. The molecule has 36 heavy (non-hydrogen) atoms. The van der Waals surface area contributed by atoms with Gasteiger partial charge in [0.15, 0.2) is 16.3 Å². The Balaban J connectivity index is 2.03. The zero-order chi connectivity index (χ0) is 26.0. The molecule has 3 aromatic rings. The lowest BCUT2D eigenvalue weighted by atomic mass is 9.94. The molecule has 1 aliphatic heterocycles. The van der Waals surface area contributed by atoms with Crippen molar-refractivity contribution in [1.29, 1.82) is 0 Å². The van der Waals surface area contributed by atoms with E-state index in [1.54, 1.807) is 49.4 Å². The first-order valence-corrected chi connectivity index (χ1v) is 12.8. The predicted molar refractivity (Wildman–Crippen MR) is 140 cm³/mol. The van der Waals surface area contributed by atoms with Crippen molar-refractivity contribution in [2.75, 3.05) is 20.8 Å². The Morgan fingerprint density at radius 3 is 2.75 bits per heavy atom. The molecular weight excluding hydrogens is 548 g/mol. The van der Waals surface area contributed by atoms with E-state index in [1.807, 2.05) is 6.92 Å². The number of carbonyl (C=O) groups excluding carboxylic acids is 1. The molecule has 1 aliphatic rings. The van der Waals surface area contributed by atoms with Crippen LogP contribution in [0.3, 0.4) is 0 Å². The quantitative estimate of drug-likeness (QED) is 0.434. The van der Waals surface area contributed by atoms with Gasteiger partial charge < -0.3 is 19.3 Å². The van der Waals surface area contributed by atoms with Crippen molar-refractivity contribution in [2.45, 2.75) is 26.3 Å². The van der Waals surface area contributed by atoms with Crippen molar-refractivity contribution in [3.8, 4) is 17.2 Å². The average molecular weight is 573 g/mol. The Kier molecular flexibility index (Phi) is 7.65. The number of phenolic OH excluding ortho intramolecular Hbond substituents is 1. The molecule has 8 nitrogen and oxygen atoms in total. The van der Waals surface area contributed by atoms with Gasteiger partial charge in [-0.15, -0.1) is 0 Å². The number of phenols is 1. The van der Waals surface area contributed by atoms with E-state index >= 15 is 0 Å². The summed E-state index contributed by atoms with van der Waals surface area (Å²) in [5.41, 5.74) is 1.37. The molecule has 0 bridgehead atoms. The number of esters is 1. The number of benzene rings is 2. The average Bonchev–Trinajstić information content (AvgIpc) is 3.17. The van der Waals surface area contributed by atoms with Crippen molar-refractivity contribution in [2.24, 2.45) is 4.99 Å². The summed E-state index contributed by atoms with van der Waals surface area (Å²) in [5.74, 6) is 0.377. The Bertz CT molecular complexity index is 1540. The number of allylic oxidation sites excluding steroid dienone is 1. The van der Waals surface area contributed by atoms with Crippen LogP contribution in [-0.2, 0) is 9.53 Å². The van der Waals surface area contributed by atoms with Gasteiger partial charge in [-0.2, -0.15) is 0 Å². The van der Waals surface area contributed by atoms with Gasteiger partial charge in [0.05, 0.1) is 36.6 Å². The molecule has 1 aromatic heterocycles. The third kappa shape index (κ3) is 4.70. The van der Waals surface area contributed by atoms with Gasteiger partial charge in [0.2, 0.25) is 0 Å². The Morgan fingerprint density at radius 2 is 2.06 bits per heavy atom. The Hall–Kier alpha value is -3.37. The summed E-state index contributed by atoms with van der Waals surface area (Å²) in [6, 6.07) is 9.47. The van der Waals surface area contributed by atoms with Gasteiger partial charge in [0.1, 0.15) is 11.8 Å². The molecule has 0 radical (unpaired) electrons. The van der Waals surface area contributed by atoms with Gasteiger partial charge in [-0.1, -0.05) is 46.3 Å². The lowest BCUT2D eigenvalue weighted by molar-refractivity contribution is -0.136. The molecule has 1 atom stereocenters. The first kappa shape index (κ1) is 25.7. The van der Waals surface area contributed by atoms with Gasteiger partial charge in [-0.3, -0.25) is 9.36 Å². The van der Waals surface area contributed by atoms with Crippen LogP contribution >= 0.6 is 27.3 Å². The fourth-order valence-corrected chi connectivity index (χ4v) is 5.45. The third-order valence-corrected chi connectivity index (χ3v) is 7.15. The summed E-state index contributed by atoms with van der Waals surface area (Å²) in [7, 11) is 2.83. The van der Waals surface area contributed by atoms with E-state index in [-0.39, 0.29) is 16.9 Å². The van der Waals surface area contributed by atoms with E-state index < -0.39 is 12.0 Å². The second-order valence-electron chi connectivity index (χ2n) is 8.00. The number of para-hydroxylation sites is 1. The van der Waals surface area contributed by atoms with Crippen molar-refractivity contribution in [3.05, 3.63) is 83.0 Å². The van der Waals surface area contributed by atoms with Gasteiger partial charge in [0, 0.05) is 15.6 Å². The Labute approximate surface area is 219 Å². The molecule has 0 spiro atoms. The molecule has 0 unspecified atom stereocenters. The number of thiazole rings is 1. The maximum absolute atomic E-state index is 13.8.